The molecule has 0 aromatic heterocycles. The van der Waals surface area contributed by atoms with Gasteiger partial charge in [-0.05, 0) is 112 Å². The number of aliphatic hydroxyl groups excluding tert-OH is 2. The number of ether oxygens (including phenoxy) is 1. The second kappa shape index (κ2) is 8.80. The first-order valence-electron chi connectivity index (χ1n) is 15.0. The van der Waals surface area contributed by atoms with E-state index in [4.69, 9.17) is 4.74 Å². The van der Waals surface area contributed by atoms with Gasteiger partial charge in [0.1, 0.15) is 6.10 Å². The maximum Gasteiger partial charge on any atom is 0.310 e. The van der Waals surface area contributed by atoms with Crippen LogP contribution in [-0.2, 0) is 14.3 Å². The first kappa shape index (κ1) is 28.1. The van der Waals surface area contributed by atoms with Gasteiger partial charge in [-0.1, -0.05) is 39.3 Å². The Morgan fingerprint density at radius 2 is 1.68 bits per heavy atom. The fraction of sp³-hybridized carbons (Fsp3) is 0.875. The molecule has 0 aromatic rings. The number of rotatable bonds is 5. The molecule has 0 aliphatic heterocycles. The average Bonchev–Trinajstić information content (AvgIpc) is 3.42. The third-order valence-electron chi connectivity index (χ3n) is 13.4. The van der Waals surface area contributed by atoms with E-state index in [0.717, 1.165) is 25.7 Å². The number of carbonyl (C=O) groups excluding carboxylic acids is 1. The predicted octanol–water partition coefficient (Wildman–Crippen LogP) is 5.75. The molecule has 6 nitrogen and oxygen atoms in total. The highest BCUT2D eigenvalue weighted by Gasteiger charge is 2.86. The molecule has 0 amide bonds. The van der Waals surface area contributed by atoms with Crippen LogP contribution in [0.3, 0.4) is 0 Å². The van der Waals surface area contributed by atoms with Crippen LogP contribution in [0.15, 0.2) is 11.6 Å². The summed E-state index contributed by atoms with van der Waals surface area (Å²) in [5.41, 5.74) is -0.946. The summed E-state index contributed by atoms with van der Waals surface area (Å²) in [7, 11) is 0. The summed E-state index contributed by atoms with van der Waals surface area (Å²) in [5, 5.41) is 33.4. The lowest BCUT2D eigenvalue weighted by atomic mass is 9.36. The van der Waals surface area contributed by atoms with Crippen molar-refractivity contribution in [1.82, 2.24) is 0 Å². The van der Waals surface area contributed by atoms with Crippen LogP contribution in [-0.4, -0.2) is 45.6 Å². The third kappa shape index (κ3) is 3.44. The van der Waals surface area contributed by atoms with Crippen LogP contribution in [0.4, 0.5) is 0 Å². The SMILES string of the molecule is CC(=O)O[C@H]1C[C@@]2(C)C(C[C@@H](O)C3[C@@]4(C)CC[C@@H](O)[C@@H](C)C4CC[C@@]32C)C12CC2(CCC=C(C)C)C(=O)O. The van der Waals surface area contributed by atoms with Gasteiger partial charge in [0.05, 0.1) is 17.6 Å². The van der Waals surface area contributed by atoms with Crippen LogP contribution in [0.25, 0.3) is 0 Å². The molecule has 0 bridgehead atoms. The number of hydrogen-bond donors (Lipinski definition) is 3. The smallest absolute Gasteiger partial charge is 0.310 e. The normalized spacial score (nSPS) is 52.9. The molecule has 5 aliphatic carbocycles. The van der Waals surface area contributed by atoms with Crippen molar-refractivity contribution in [3.8, 4) is 0 Å². The zero-order valence-corrected chi connectivity index (χ0v) is 24.5. The molecule has 0 heterocycles. The Labute approximate surface area is 228 Å². The van der Waals surface area contributed by atoms with Crippen molar-refractivity contribution in [1.29, 1.82) is 0 Å². The fourth-order valence-corrected chi connectivity index (χ4v) is 11.6. The van der Waals surface area contributed by atoms with E-state index in [0.29, 0.717) is 38.0 Å². The van der Waals surface area contributed by atoms with Gasteiger partial charge in [-0.3, -0.25) is 9.59 Å². The van der Waals surface area contributed by atoms with E-state index < -0.39 is 29.0 Å². The van der Waals surface area contributed by atoms with Gasteiger partial charge in [0.25, 0.3) is 0 Å². The predicted molar refractivity (Wildman–Crippen MR) is 145 cm³/mol. The van der Waals surface area contributed by atoms with Crippen LogP contribution in [0.5, 0.6) is 0 Å². The van der Waals surface area contributed by atoms with Crippen molar-refractivity contribution in [3.63, 3.8) is 0 Å². The lowest BCUT2D eigenvalue weighted by Crippen LogP contribution is -2.66. The molecule has 0 aromatic carbocycles. The van der Waals surface area contributed by atoms with E-state index >= 15 is 0 Å². The summed E-state index contributed by atoms with van der Waals surface area (Å²) in [6.45, 7) is 14.7. The summed E-state index contributed by atoms with van der Waals surface area (Å²) in [5.74, 6) is -0.514. The summed E-state index contributed by atoms with van der Waals surface area (Å²) in [6.07, 6.45) is 7.42. The second-order valence-electron chi connectivity index (χ2n) is 15.0. The maximum absolute atomic E-state index is 13.0. The molecule has 5 saturated carbocycles. The summed E-state index contributed by atoms with van der Waals surface area (Å²) in [6, 6.07) is 0. The van der Waals surface area contributed by atoms with Crippen molar-refractivity contribution in [2.45, 2.75) is 125 Å². The number of carbonyl (C=O) groups is 2. The number of carboxylic acid groups (broad SMARTS) is 1. The first-order valence-corrected chi connectivity index (χ1v) is 15.0. The minimum Gasteiger partial charge on any atom is -0.481 e. The quantitative estimate of drug-likeness (QED) is 0.309. The van der Waals surface area contributed by atoms with Crippen molar-refractivity contribution >= 4 is 11.9 Å². The molecule has 0 saturated heterocycles. The number of hydrogen-bond acceptors (Lipinski definition) is 5. The molecule has 5 fully saturated rings. The van der Waals surface area contributed by atoms with E-state index in [1.54, 1.807) is 0 Å². The fourth-order valence-electron chi connectivity index (χ4n) is 11.6. The van der Waals surface area contributed by atoms with Crippen LogP contribution in [0.2, 0.25) is 0 Å². The van der Waals surface area contributed by atoms with Crippen molar-refractivity contribution < 1.29 is 29.6 Å². The van der Waals surface area contributed by atoms with Crippen molar-refractivity contribution in [3.05, 3.63) is 11.6 Å². The van der Waals surface area contributed by atoms with Crippen LogP contribution in [0.1, 0.15) is 106 Å². The molecule has 3 N–H and O–H groups in total. The molecule has 5 aliphatic rings. The van der Waals surface area contributed by atoms with E-state index in [1.165, 1.54) is 12.5 Å². The van der Waals surface area contributed by atoms with Gasteiger partial charge in [-0.2, -0.15) is 0 Å². The number of allylic oxidation sites excluding steroid dienone is 2. The molecule has 1 spiro atoms. The van der Waals surface area contributed by atoms with Crippen molar-refractivity contribution in [2.75, 3.05) is 0 Å². The van der Waals surface area contributed by atoms with Gasteiger partial charge >= 0.3 is 11.9 Å². The average molecular weight is 531 g/mol. The van der Waals surface area contributed by atoms with Gasteiger partial charge in [-0.25, -0.2) is 0 Å². The molecule has 38 heavy (non-hydrogen) atoms. The van der Waals surface area contributed by atoms with E-state index in [1.807, 2.05) is 13.8 Å². The minimum absolute atomic E-state index is 0.0230. The van der Waals surface area contributed by atoms with E-state index in [9.17, 15) is 24.9 Å². The monoisotopic (exact) mass is 530 g/mol. The van der Waals surface area contributed by atoms with E-state index in [2.05, 4.69) is 33.8 Å². The Balaban J connectivity index is 1.59. The number of esters is 1. The Morgan fingerprint density at radius 3 is 2.29 bits per heavy atom. The Morgan fingerprint density at radius 1 is 1.00 bits per heavy atom. The molecule has 5 unspecified atom stereocenters. The van der Waals surface area contributed by atoms with Gasteiger partial charge < -0.3 is 20.1 Å². The van der Waals surface area contributed by atoms with E-state index in [-0.39, 0.29) is 46.1 Å². The Kier molecular flexibility index (Phi) is 6.52. The molecule has 5 rings (SSSR count). The number of carboxylic acids is 1. The Hall–Kier alpha value is -1.40. The molecule has 0 radical (unpaired) electrons. The summed E-state index contributed by atoms with van der Waals surface area (Å²) < 4.78 is 6.07. The zero-order valence-electron chi connectivity index (χ0n) is 24.5. The highest BCUT2D eigenvalue weighted by atomic mass is 16.5. The maximum atomic E-state index is 13.0. The zero-order chi connectivity index (χ0) is 28.1. The van der Waals surface area contributed by atoms with Crippen molar-refractivity contribution in [2.24, 2.45) is 50.7 Å². The minimum atomic E-state index is -0.936. The van der Waals surface area contributed by atoms with Crippen LogP contribution in [0, 0.1) is 50.7 Å². The standard InChI is InChI=1S/C32H50O6/c1-18(2)9-8-12-31(27(36)37)17-32(31)24-15-23(35)26-28(5)13-11-22(34)19(3)21(28)10-14-29(26,6)30(24,7)16-25(32)38-20(4)33/h9,19,21-26,34-35H,8,10-17H2,1-7H3,(H,36,37)/t19-,21?,22+,23+,24?,25-,26?,28-,29-,30-,31?,32?/m0/s1. The van der Waals surface area contributed by atoms with Crippen LogP contribution >= 0.6 is 0 Å². The van der Waals surface area contributed by atoms with Gasteiger partial charge in [0.15, 0.2) is 0 Å². The second-order valence-corrected chi connectivity index (χ2v) is 15.0. The summed E-state index contributed by atoms with van der Waals surface area (Å²) in [4.78, 5) is 25.4. The highest BCUT2D eigenvalue weighted by molar-refractivity contribution is 5.81. The number of fused-ring (bicyclic) bond motifs is 6. The van der Waals surface area contributed by atoms with Gasteiger partial charge in [0.2, 0.25) is 0 Å². The Bertz CT molecular complexity index is 1030. The van der Waals surface area contributed by atoms with Crippen LogP contribution < -0.4 is 0 Å². The van der Waals surface area contributed by atoms with Gasteiger partial charge in [0, 0.05) is 12.3 Å². The molecule has 12 atom stereocenters. The number of aliphatic hydroxyl groups is 2. The molecular weight excluding hydrogens is 480 g/mol. The van der Waals surface area contributed by atoms with Gasteiger partial charge in [-0.15, -0.1) is 0 Å². The highest BCUT2D eigenvalue weighted by Crippen LogP contribution is 2.85. The largest absolute Gasteiger partial charge is 0.481 e. The number of aliphatic carboxylic acids is 1. The third-order valence-corrected chi connectivity index (χ3v) is 13.4. The molecule has 6 heteroatoms. The lowest BCUT2D eigenvalue weighted by molar-refractivity contribution is -0.241. The summed E-state index contributed by atoms with van der Waals surface area (Å²) >= 11 is 0. The topological polar surface area (TPSA) is 104 Å². The first-order chi connectivity index (χ1) is 17.6. The molecular formula is C32H50O6. The lowest BCUT2D eigenvalue weighted by Gasteiger charge is -2.69. The molecule has 214 valence electrons.